The lowest BCUT2D eigenvalue weighted by Gasteiger charge is -2.04. The minimum absolute atomic E-state index is 0.351. The van der Waals surface area contributed by atoms with Crippen LogP contribution < -0.4 is 5.32 Å². The van der Waals surface area contributed by atoms with Gasteiger partial charge in [0.05, 0.1) is 0 Å². The van der Waals surface area contributed by atoms with Gasteiger partial charge in [-0.3, -0.25) is 0 Å². The van der Waals surface area contributed by atoms with Gasteiger partial charge in [-0.1, -0.05) is 19.0 Å². The SMILES string of the molecule is CC(C)c1noc(CC2CCCN2)n1. The topological polar surface area (TPSA) is 51.0 Å². The Morgan fingerprint density at radius 3 is 3.00 bits per heavy atom. The fourth-order valence-electron chi connectivity index (χ4n) is 1.73. The molecule has 4 heteroatoms. The van der Waals surface area contributed by atoms with Crippen molar-refractivity contribution in [1.29, 1.82) is 0 Å². The Labute approximate surface area is 84.1 Å². The van der Waals surface area contributed by atoms with Crippen molar-refractivity contribution in [2.45, 2.75) is 45.1 Å². The van der Waals surface area contributed by atoms with E-state index in [1.807, 2.05) is 0 Å². The van der Waals surface area contributed by atoms with Gasteiger partial charge in [0, 0.05) is 18.4 Å². The molecule has 1 N–H and O–H groups in total. The van der Waals surface area contributed by atoms with Gasteiger partial charge in [0.1, 0.15) is 0 Å². The molecule has 78 valence electrons. The Morgan fingerprint density at radius 1 is 1.57 bits per heavy atom. The summed E-state index contributed by atoms with van der Waals surface area (Å²) in [6, 6.07) is 0.537. The van der Waals surface area contributed by atoms with Gasteiger partial charge < -0.3 is 9.84 Å². The Hall–Kier alpha value is -0.900. The maximum absolute atomic E-state index is 5.19. The number of aromatic nitrogens is 2. The van der Waals surface area contributed by atoms with Crippen LogP contribution in [-0.2, 0) is 6.42 Å². The van der Waals surface area contributed by atoms with Crippen molar-refractivity contribution < 1.29 is 4.52 Å². The second-order valence-electron chi connectivity index (χ2n) is 4.20. The summed E-state index contributed by atoms with van der Waals surface area (Å²) in [6.07, 6.45) is 3.36. The third-order valence-corrected chi connectivity index (χ3v) is 2.58. The Balaban J connectivity index is 1.95. The summed E-state index contributed by atoms with van der Waals surface area (Å²) < 4.78 is 5.19. The molecule has 0 aromatic carbocycles. The quantitative estimate of drug-likeness (QED) is 0.793. The summed E-state index contributed by atoms with van der Waals surface area (Å²) in [6.45, 7) is 5.26. The third-order valence-electron chi connectivity index (χ3n) is 2.58. The Bertz CT molecular complexity index is 289. The normalized spacial score (nSPS) is 22.1. The minimum atomic E-state index is 0.351. The molecule has 14 heavy (non-hydrogen) atoms. The van der Waals surface area contributed by atoms with Crippen molar-refractivity contribution in [1.82, 2.24) is 15.5 Å². The smallest absolute Gasteiger partial charge is 0.228 e. The molecule has 4 nitrogen and oxygen atoms in total. The monoisotopic (exact) mass is 195 g/mol. The van der Waals surface area contributed by atoms with Gasteiger partial charge in [-0.2, -0.15) is 4.98 Å². The average Bonchev–Trinajstić information content (AvgIpc) is 2.75. The lowest BCUT2D eigenvalue weighted by atomic mass is 10.1. The van der Waals surface area contributed by atoms with Crippen molar-refractivity contribution in [3.63, 3.8) is 0 Å². The van der Waals surface area contributed by atoms with Crippen LogP contribution in [-0.4, -0.2) is 22.7 Å². The molecule has 1 fully saturated rings. The van der Waals surface area contributed by atoms with Crippen LogP contribution >= 0.6 is 0 Å². The van der Waals surface area contributed by atoms with Crippen LogP contribution in [0.3, 0.4) is 0 Å². The Kier molecular flexibility index (Phi) is 2.82. The maximum atomic E-state index is 5.19. The molecule has 1 unspecified atom stereocenters. The third kappa shape index (κ3) is 2.12. The number of hydrogen-bond donors (Lipinski definition) is 1. The van der Waals surface area contributed by atoms with Gasteiger partial charge in [0.2, 0.25) is 5.89 Å². The van der Waals surface area contributed by atoms with Gasteiger partial charge in [-0.05, 0) is 19.4 Å². The van der Waals surface area contributed by atoms with E-state index in [4.69, 9.17) is 4.52 Å². The molecule has 0 saturated carbocycles. The molecule has 0 amide bonds. The number of nitrogens with one attached hydrogen (secondary N) is 1. The van der Waals surface area contributed by atoms with Crippen molar-refractivity contribution in [3.8, 4) is 0 Å². The second-order valence-corrected chi connectivity index (χ2v) is 4.20. The van der Waals surface area contributed by atoms with E-state index in [1.54, 1.807) is 0 Å². The van der Waals surface area contributed by atoms with E-state index in [1.165, 1.54) is 12.8 Å². The van der Waals surface area contributed by atoms with Crippen molar-refractivity contribution >= 4 is 0 Å². The molecule has 1 atom stereocenters. The predicted octanol–water partition coefficient (Wildman–Crippen LogP) is 1.49. The molecule has 1 aromatic rings. The first-order chi connectivity index (χ1) is 6.75. The highest BCUT2D eigenvalue weighted by Crippen LogP contribution is 2.13. The molecule has 2 heterocycles. The number of hydrogen-bond acceptors (Lipinski definition) is 4. The number of rotatable bonds is 3. The van der Waals surface area contributed by atoms with Crippen LogP contribution in [0.4, 0.5) is 0 Å². The van der Waals surface area contributed by atoms with E-state index in [-0.39, 0.29) is 0 Å². The molecule has 1 aliphatic rings. The van der Waals surface area contributed by atoms with Crippen LogP contribution in [0.25, 0.3) is 0 Å². The zero-order chi connectivity index (χ0) is 9.97. The first-order valence-electron chi connectivity index (χ1n) is 5.31. The summed E-state index contributed by atoms with van der Waals surface area (Å²) in [5.74, 6) is 1.94. The fourth-order valence-corrected chi connectivity index (χ4v) is 1.73. The maximum Gasteiger partial charge on any atom is 0.228 e. The summed E-state index contributed by atoms with van der Waals surface area (Å²) in [4.78, 5) is 4.36. The van der Waals surface area contributed by atoms with Gasteiger partial charge in [-0.15, -0.1) is 0 Å². The standard InChI is InChI=1S/C10H17N3O/c1-7(2)10-12-9(14-13-10)6-8-4-3-5-11-8/h7-8,11H,3-6H2,1-2H3. The van der Waals surface area contributed by atoms with Crippen LogP contribution in [0.5, 0.6) is 0 Å². The van der Waals surface area contributed by atoms with E-state index in [0.717, 1.165) is 24.7 Å². The molecular weight excluding hydrogens is 178 g/mol. The lowest BCUT2D eigenvalue weighted by molar-refractivity contribution is 0.358. The van der Waals surface area contributed by atoms with E-state index in [9.17, 15) is 0 Å². The van der Waals surface area contributed by atoms with E-state index < -0.39 is 0 Å². The molecule has 0 bridgehead atoms. The molecule has 0 spiro atoms. The highest BCUT2D eigenvalue weighted by Gasteiger charge is 2.18. The average molecular weight is 195 g/mol. The van der Waals surface area contributed by atoms with E-state index >= 15 is 0 Å². The molecule has 1 aliphatic heterocycles. The largest absolute Gasteiger partial charge is 0.339 e. The first-order valence-corrected chi connectivity index (χ1v) is 5.31. The molecule has 1 aromatic heterocycles. The van der Waals surface area contributed by atoms with E-state index in [0.29, 0.717) is 12.0 Å². The van der Waals surface area contributed by atoms with Gasteiger partial charge in [-0.25, -0.2) is 0 Å². The molecule has 0 radical (unpaired) electrons. The lowest BCUT2D eigenvalue weighted by Crippen LogP contribution is -2.23. The molecule has 1 saturated heterocycles. The van der Waals surface area contributed by atoms with Gasteiger partial charge in [0.15, 0.2) is 5.82 Å². The number of nitrogens with zero attached hydrogens (tertiary/aromatic N) is 2. The highest BCUT2D eigenvalue weighted by atomic mass is 16.5. The Morgan fingerprint density at radius 2 is 2.43 bits per heavy atom. The fraction of sp³-hybridized carbons (Fsp3) is 0.800. The summed E-state index contributed by atoms with van der Waals surface area (Å²) >= 11 is 0. The highest BCUT2D eigenvalue weighted by molar-refractivity contribution is 4.94. The van der Waals surface area contributed by atoms with Crippen molar-refractivity contribution in [2.75, 3.05) is 6.54 Å². The molecule has 0 aliphatic carbocycles. The first kappa shape index (κ1) is 9.65. The second kappa shape index (κ2) is 4.09. The zero-order valence-corrected chi connectivity index (χ0v) is 8.79. The van der Waals surface area contributed by atoms with Gasteiger partial charge >= 0.3 is 0 Å². The minimum Gasteiger partial charge on any atom is -0.339 e. The van der Waals surface area contributed by atoms with Crippen molar-refractivity contribution in [3.05, 3.63) is 11.7 Å². The van der Waals surface area contributed by atoms with Crippen LogP contribution in [0.15, 0.2) is 4.52 Å². The van der Waals surface area contributed by atoms with Crippen LogP contribution in [0.1, 0.15) is 44.3 Å². The summed E-state index contributed by atoms with van der Waals surface area (Å²) in [5.41, 5.74) is 0. The van der Waals surface area contributed by atoms with Crippen LogP contribution in [0.2, 0.25) is 0 Å². The summed E-state index contributed by atoms with van der Waals surface area (Å²) in [7, 11) is 0. The van der Waals surface area contributed by atoms with Crippen LogP contribution in [0, 0.1) is 0 Å². The molecular formula is C10H17N3O. The van der Waals surface area contributed by atoms with Crippen molar-refractivity contribution in [2.24, 2.45) is 0 Å². The van der Waals surface area contributed by atoms with Gasteiger partial charge in [0.25, 0.3) is 0 Å². The summed E-state index contributed by atoms with van der Waals surface area (Å²) in [5, 5.41) is 7.36. The van der Waals surface area contributed by atoms with E-state index in [2.05, 4.69) is 29.3 Å². The molecule has 2 rings (SSSR count). The predicted molar refractivity (Wildman–Crippen MR) is 53.1 cm³/mol. The zero-order valence-electron chi connectivity index (χ0n) is 8.79.